The normalized spacial score (nSPS) is 18.2. The maximum absolute atomic E-state index is 12.0. The number of nitrogens with one attached hydrogen (secondary N) is 2. The van der Waals surface area contributed by atoms with Crippen molar-refractivity contribution in [2.24, 2.45) is 0 Å². The maximum Gasteiger partial charge on any atom is 0.349 e. The van der Waals surface area contributed by atoms with Gasteiger partial charge in [-0.25, -0.2) is 9.59 Å². The lowest BCUT2D eigenvalue weighted by Crippen LogP contribution is -2.43. The molecule has 2 aromatic carbocycles. The number of hydrogen-bond acceptors (Lipinski definition) is 5. The van der Waals surface area contributed by atoms with Crippen LogP contribution in [0.3, 0.4) is 0 Å². The molecule has 152 valence electrons. The van der Waals surface area contributed by atoms with E-state index >= 15 is 0 Å². The minimum atomic E-state index is -0.909. The van der Waals surface area contributed by atoms with Gasteiger partial charge in [0.2, 0.25) is 0 Å². The van der Waals surface area contributed by atoms with Crippen molar-refractivity contribution >= 4 is 17.9 Å². The summed E-state index contributed by atoms with van der Waals surface area (Å²) < 4.78 is 10.8. The van der Waals surface area contributed by atoms with Crippen LogP contribution in [0, 0.1) is 13.8 Å². The Bertz CT molecular complexity index is 918. The Morgan fingerprint density at radius 2 is 1.66 bits per heavy atom. The molecule has 1 fully saturated rings. The third-order valence-corrected chi connectivity index (χ3v) is 4.74. The average Bonchev–Trinajstić information content (AvgIpc) is 2.91. The van der Waals surface area contributed by atoms with Crippen LogP contribution in [-0.2, 0) is 16.0 Å². The molecular weight excluding hydrogens is 372 g/mol. The van der Waals surface area contributed by atoms with Crippen LogP contribution in [0.15, 0.2) is 42.5 Å². The molecule has 7 nitrogen and oxygen atoms in total. The summed E-state index contributed by atoms with van der Waals surface area (Å²) in [4.78, 5) is 35.2. The van der Waals surface area contributed by atoms with Crippen LogP contribution in [0.25, 0.3) is 0 Å². The fourth-order valence-electron chi connectivity index (χ4n) is 3.19. The Morgan fingerprint density at radius 1 is 1.00 bits per heavy atom. The van der Waals surface area contributed by atoms with E-state index in [-0.39, 0.29) is 12.5 Å². The minimum absolute atomic E-state index is 0.183. The van der Waals surface area contributed by atoms with E-state index in [9.17, 15) is 14.4 Å². The summed E-state index contributed by atoms with van der Waals surface area (Å²) >= 11 is 0. The lowest BCUT2D eigenvalue weighted by atomic mass is 9.93. The lowest BCUT2D eigenvalue weighted by Gasteiger charge is -2.20. The molecule has 3 amide bonds. The van der Waals surface area contributed by atoms with E-state index in [2.05, 4.69) is 10.6 Å². The van der Waals surface area contributed by atoms with E-state index in [1.807, 2.05) is 44.2 Å². The number of hydrogen-bond donors (Lipinski definition) is 2. The molecule has 0 aliphatic carbocycles. The summed E-state index contributed by atoms with van der Waals surface area (Å²) in [5.74, 6) is 0.235. The second-order valence-corrected chi connectivity index (χ2v) is 7.47. The quantitative estimate of drug-likeness (QED) is 0.426. The summed E-state index contributed by atoms with van der Waals surface area (Å²) in [6, 6.07) is 12.3. The van der Waals surface area contributed by atoms with Crippen LogP contribution in [0.5, 0.6) is 11.5 Å². The zero-order valence-electron chi connectivity index (χ0n) is 16.7. The van der Waals surface area contributed by atoms with Crippen molar-refractivity contribution in [1.29, 1.82) is 0 Å². The number of ether oxygens (including phenoxy) is 2. The molecular formula is C22H24N2O5. The molecule has 1 atom stereocenters. The number of amides is 3. The fourth-order valence-corrected chi connectivity index (χ4v) is 3.19. The summed E-state index contributed by atoms with van der Waals surface area (Å²) in [5.41, 5.74) is 2.18. The average molecular weight is 396 g/mol. The topological polar surface area (TPSA) is 93.7 Å². The molecule has 29 heavy (non-hydrogen) atoms. The zero-order chi connectivity index (χ0) is 21.0. The lowest BCUT2D eigenvalue weighted by molar-refractivity contribution is -0.136. The molecule has 2 aromatic rings. The van der Waals surface area contributed by atoms with Crippen molar-refractivity contribution in [1.82, 2.24) is 10.6 Å². The van der Waals surface area contributed by atoms with Crippen LogP contribution in [0.4, 0.5) is 4.79 Å². The molecule has 1 aliphatic heterocycles. The van der Waals surface area contributed by atoms with Gasteiger partial charge in [-0.15, -0.1) is 0 Å². The predicted octanol–water partition coefficient (Wildman–Crippen LogP) is 2.82. The summed E-state index contributed by atoms with van der Waals surface area (Å²) in [5, 5.41) is 4.89. The van der Waals surface area contributed by atoms with Crippen molar-refractivity contribution < 1.29 is 23.9 Å². The number of carbonyl (C=O) groups is 3. The molecule has 0 spiro atoms. The molecule has 3 rings (SSSR count). The Balaban J connectivity index is 1.49. The second-order valence-electron chi connectivity index (χ2n) is 7.47. The molecule has 1 aliphatic rings. The largest absolute Gasteiger partial charge is 0.482 e. The third kappa shape index (κ3) is 5.34. The Morgan fingerprint density at radius 3 is 2.24 bits per heavy atom. The van der Waals surface area contributed by atoms with Crippen LogP contribution < -0.4 is 20.1 Å². The zero-order valence-corrected chi connectivity index (χ0v) is 16.7. The minimum Gasteiger partial charge on any atom is -0.482 e. The Kier molecular flexibility index (Phi) is 5.87. The van der Waals surface area contributed by atoms with Gasteiger partial charge in [-0.2, -0.15) is 0 Å². The maximum atomic E-state index is 12.0. The number of urea groups is 1. The molecule has 0 unspecified atom stereocenters. The van der Waals surface area contributed by atoms with Gasteiger partial charge < -0.3 is 14.8 Å². The summed E-state index contributed by atoms with van der Waals surface area (Å²) in [7, 11) is 0. The van der Waals surface area contributed by atoms with Crippen molar-refractivity contribution in [2.75, 3.05) is 6.61 Å². The number of rotatable bonds is 7. The van der Waals surface area contributed by atoms with Gasteiger partial charge in [0.15, 0.2) is 6.61 Å². The first-order chi connectivity index (χ1) is 13.7. The highest BCUT2D eigenvalue weighted by atomic mass is 16.6. The van der Waals surface area contributed by atoms with Crippen molar-refractivity contribution in [3.63, 3.8) is 0 Å². The Labute approximate surface area is 169 Å². The van der Waals surface area contributed by atoms with Gasteiger partial charge in [0.1, 0.15) is 17.0 Å². The van der Waals surface area contributed by atoms with Gasteiger partial charge in [-0.1, -0.05) is 18.2 Å². The molecule has 1 saturated heterocycles. The molecule has 1 heterocycles. The van der Waals surface area contributed by atoms with Gasteiger partial charge in [-0.3, -0.25) is 10.1 Å². The number of imide groups is 1. The van der Waals surface area contributed by atoms with Crippen molar-refractivity contribution in [2.45, 2.75) is 39.2 Å². The van der Waals surface area contributed by atoms with Crippen LogP contribution in [-0.4, -0.2) is 30.1 Å². The fraction of sp³-hybridized carbons (Fsp3) is 0.318. The molecule has 2 N–H and O–H groups in total. The van der Waals surface area contributed by atoms with Gasteiger partial charge in [0.05, 0.1) is 0 Å². The SMILES string of the molecule is Cc1cc(C)cc(OCC(=O)Oc2ccc(CC[C@]3(C)NC(=O)NC3=O)cc2)c1. The van der Waals surface area contributed by atoms with Gasteiger partial charge in [0, 0.05) is 0 Å². The van der Waals surface area contributed by atoms with Gasteiger partial charge in [-0.05, 0) is 74.6 Å². The second kappa shape index (κ2) is 8.34. The molecule has 0 bridgehead atoms. The van der Waals surface area contributed by atoms with Crippen molar-refractivity contribution in [3.05, 3.63) is 59.2 Å². The van der Waals surface area contributed by atoms with Crippen LogP contribution in [0.2, 0.25) is 0 Å². The predicted molar refractivity (Wildman–Crippen MR) is 107 cm³/mol. The summed E-state index contributed by atoms with van der Waals surface area (Å²) in [6.45, 7) is 5.44. The van der Waals surface area contributed by atoms with E-state index < -0.39 is 17.5 Å². The first kappa shape index (κ1) is 20.4. The Hall–Kier alpha value is -3.35. The van der Waals surface area contributed by atoms with Crippen molar-refractivity contribution in [3.8, 4) is 11.5 Å². The molecule has 0 saturated carbocycles. The smallest absolute Gasteiger partial charge is 0.349 e. The number of benzene rings is 2. The highest BCUT2D eigenvalue weighted by Gasteiger charge is 2.41. The highest BCUT2D eigenvalue weighted by Crippen LogP contribution is 2.20. The molecule has 7 heteroatoms. The highest BCUT2D eigenvalue weighted by molar-refractivity contribution is 6.06. The molecule has 0 radical (unpaired) electrons. The first-order valence-corrected chi connectivity index (χ1v) is 9.38. The number of aryl methyl sites for hydroxylation is 3. The first-order valence-electron chi connectivity index (χ1n) is 9.38. The van der Waals surface area contributed by atoms with Crippen LogP contribution >= 0.6 is 0 Å². The van der Waals surface area contributed by atoms with E-state index in [0.29, 0.717) is 24.3 Å². The molecule has 0 aromatic heterocycles. The van der Waals surface area contributed by atoms with Gasteiger partial charge >= 0.3 is 12.0 Å². The number of esters is 1. The van der Waals surface area contributed by atoms with E-state index in [1.54, 1.807) is 19.1 Å². The monoisotopic (exact) mass is 396 g/mol. The van der Waals surface area contributed by atoms with E-state index in [4.69, 9.17) is 9.47 Å². The standard InChI is InChI=1S/C22H24N2O5/c1-14-10-15(2)12-18(11-14)28-13-19(25)29-17-6-4-16(5-7-17)8-9-22(3)20(26)23-21(27)24-22/h4-7,10-12H,8-9,13H2,1-3H3,(H2,23,24,26,27)/t22-/m0/s1. The van der Waals surface area contributed by atoms with E-state index in [0.717, 1.165) is 16.7 Å². The van der Waals surface area contributed by atoms with Crippen LogP contribution in [0.1, 0.15) is 30.0 Å². The summed E-state index contributed by atoms with van der Waals surface area (Å²) in [6.07, 6.45) is 1.06. The van der Waals surface area contributed by atoms with E-state index in [1.165, 1.54) is 0 Å². The van der Waals surface area contributed by atoms with Gasteiger partial charge in [0.25, 0.3) is 5.91 Å². The number of carbonyl (C=O) groups excluding carboxylic acids is 3. The third-order valence-electron chi connectivity index (χ3n) is 4.74.